The molecule has 142 valence electrons. The van der Waals surface area contributed by atoms with E-state index in [1.165, 1.54) is 51.4 Å². The first-order valence-electron chi connectivity index (χ1n) is 10.0. The Hall–Kier alpha value is -2.24. The monoisotopic (exact) mass is 357 g/mol. The van der Waals surface area contributed by atoms with Gasteiger partial charge in [-0.1, -0.05) is 56.7 Å². The molecule has 0 unspecified atom stereocenters. The van der Waals surface area contributed by atoms with Crippen molar-refractivity contribution in [3.8, 4) is 0 Å². The zero-order valence-electron chi connectivity index (χ0n) is 15.5. The molecule has 1 aromatic rings. The topological polar surface area (TPSA) is 77.5 Å². The van der Waals surface area contributed by atoms with Crippen LogP contribution >= 0.6 is 0 Å². The normalized spacial score (nSPS) is 19.6. The van der Waals surface area contributed by atoms with Gasteiger partial charge in [0.1, 0.15) is 0 Å². The van der Waals surface area contributed by atoms with Crippen LogP contribution in [0.2, 0.25) is 0 Å². The molecule has 0 heterocycles. The summed E-state index contributed by atoms with van der Waals surface area (Å²) in [7, 11) is 0. The van der Waals surface area contributed by atoms with Gasteiger partial charge in [-0.15, -0.1) is 0 Å². The Bertz CT molecular complexity index is 577. The predicted molar refractivity (Wildman–Crippen MR) is 106 cm³/mol. The minimum Gasteiger partial charge on any atom is -0.352 e. The van der Waals surface area contributed by atoms with Gasteiger partial charge >= 0.3 is 6.03 Å². The fourth-order valence-corrected chi connectivity index (χ4v) is 3.74. The van der Waals surface area contributed by atoms with Crippen molar-refractivity contribution in [3.63, 3.8) is 0 Å². The van der Waals surface area contributed by atoms with Gasteiger partial charge in [0.2, 0.25) is 5.96 Å². The van der Waals surface area contributed by atoms with Crippen LogP contribution in [0, 0.1) is 0 Å². The van der Waals surface area contributed by atoms with Gasteiger partial charge in [-0.25, -0.2) is 15.2 Å². The Morgan fingerprint density at radius 1 is 0.846 bits per heavy atom. The molecule has 2 amide bonds. The van der Waals surface area contributed by atoms with E-state index in [1.54, 1.807) is 0 Å². The van der Waals surface area contributed by atoms with Gasteiger partial charge < -0.3 is 10.6 Å². The second-order valence-corrected chi connectivity index (χ2v) is 7.32. The van der Waals surface area contributed by atoms with E-state index in [2.05, 4.69) is 21.5 Å². The van der Waals surface area contributed by atoms with Crippen LogP contribution in [0.1, 0.15) is 64.2 Å². The number of aliphatic imine (C=N–C) groups is 1. The van der Waals surface area contributed by atoms with E-state index in [0.29, 0.717) is 18.0 Å². The van der Waals surface area contributed by atoms with E-state index >= 15 is 0 Å². The van der Waals surface area contributed by atoms with E-state index in [1.807, 2.05) is 30.3 Å². The predicted octanol–water partition coefficient (Wildman–Crippen LogP) is 3.92. The number of guanidine groups is 1. The molecule has 0 saturated heterocycles. The molecule has 4 N–H and O–H groups in total. The summed E-state index contributed by atoms with van der Waals surface area (Å²) in [4.78, 5) is 17.0. The summed E-state index contributed by atoms with van der Waals surface area (Å²) in [6.45, 7) is 0. The molecule has 2 aliphatic rings. The number of carbonyl (C=O) groups is 1. The smallest absolute Gasteiger partial charge is 0.337 e. The number of nitrogens with zero attached hydrogens (tertiary/aromatic N) is 1. The van der Waals surface area contributed by atoms with Crippen LogP contribution in [-0.4, -0.2) is 24.1 Å². The Kier molecular flexibility index (Phi) is 7.16. The fourth-order valence-electron chi connectivity index (χ4n) is 3.74. The first-order valence-corrected chi connectivity index (χ1v) is 10.0. The highest BCUT2D eigenvalue weighted by Crippen LogP contribution is 2.21. The number of urea groups is 1. The Labute approximate surface area is 156 Å². The van der Waals surface area contributed by atoms with Crippen LogP contribution in [0.4, 0.5) is 10.5 Å². The second kappa shape index (κ2) is 10.0. The van der Waals surface area contributed by atoms with Gasteiger partial charge in [-0.05, 0) is 37.8 Å². The van der Waals surface area contributed by atoms with E-state index in [-0.39, 0.29) is 6.03 Å². The lowest BCUT2D eigenvalue weighted by molar-refractivity contribution is 0.250. The fraction of sp³-hybridized carbons (Fsp3) is 0.600. The molecule has 3 rings (SSSR count). The van der Waals surface area contributed by atoms with Crippen molar-refractivity contribution < 1.29 is 4.79 Å². The van der Waals surface area contributed by atoms with Crippen molar-refractivity contribution in [1.82, 2.24) is 16.2 Å². The van der Waals surface area contributed by atoms with E-state index < -0.39 is 0 Å². The maximum Gasteiger partial charge on any atom is 0.337 e. The third-order valence-electron chi connectivity index (χ3n) is 5.16. The summed E-state index contributed by atoms with van der Waals surface area (Å²) >= 11 is 0. The maximum atomic E-state index is 12.1. The van der Waals surface area contributed by atoms with Gasteiger partial charge in [0.25, 0.3) is 0 Å². The maximum absolute atomic E-state index is 12.1. The lowest BCUT2D eigenvalue weighted by Crippen LogP contribution is -2.52. The molecule has 1 aromatic carbocycles. The first kappa shape index (κ1) is 18.5. The molecule has 0 aromatic heterocycles. The number of carbonyl (C=O) groups excluding carboxylic acids is 1. The SMILES string of the molecule is O=C(NN/C(=N\C1CCCCC1)NC1CCCCC1)Nc1ccccc1. The zero-order valence-corrected chi connectivity index (χ0v) is 15.5. The van der Waals surface area contributed by atoms with Crippen LogP contribution in [0.3, 0.4) is 0 Å². The molecule has 26 heavy (non-hydrogen) atoms. The number of hydrazine groups is 1. The van der Waals surface area contributed by atoms with Crippen molar-refractivity contribution in [1.29, 1.82) is 0 Å². The number of hydrogen-bond donors (Lipinski definition) is 4. The molecule has 6 heteroatoms. The number of anilines is 1. The molecule has 2 saturated carbocycles. The standard InChI is InChI=1S/C20H31N5O/c26-20(23-18-14-8-3-9-15-18)25-24-19(21-16-10-4-1-5-11-16)22-17-12-6-2-7-13-17/h3,8-9,14-17H,1-2,4-7,10-13H2,(H2,21,22,24)(H2,23,25,26). The molecule has 6 nitrogen and oxygen atoms in total. The van der Waals surface area contributed by atoms with Crippen LogP contribution in [-0.2, 0) is 0 Å². The van der Waals surface area contributed by atoms with Crippen molar-refractivity contribution in [3.05, 3.63) is 30.3 Å². The molecule has 0 atom stereocenters. The summed E-state index contributed by atoms with van der Waals surface area (Å²) in [5.41, 5.74) is 6.49. The largest absolute Gasteiger partial charge is 0.352 e. The highest BCUT2D eigenvalue weighted by atomic mass is 16.2. The third kappa shape index (κ3) is 6.24. The molecular weight excluding hydrogens is 326 g/mol. The summed E-state index contributed by atoms with van der Waals surface area (Å²) in [5.74, 6) is 0.701. The Balaban J connectivity index is 1.55. The molecule has 2 fully saturated rings. The molecule has 0 aliphatic heterocycles. The highest BCUT2D eigenvalue weighted by molar-refractivity contribution is 5.91. The quantitative estimate of drug-likeness (QED) is 0.376. The van der Waals surface area contributed by atoms with Gasteiger partial charge in [0.15, 0.2) is 0 Å². The molecular formula is C20H31N5O. The average molecular weight is 358 g/mol. The Morgan fingerprint density at radius 2 is 1.50 bits per heavy atom. The van der Waals surface area contributed by atoms with Crippen LogP contribution in [0.25, 0.3) is 0 Å². The summed E-state index contributed by atoms with van der Waals surface area (Å²) in [5, 5.41) is 6.33. The number of hydrogen-bond acceptors (Lipinski definition) is 2. The van der Waals surface area contributed by atoms with E-state index in [9.17, 15) is 4.79 Å². The highest BCUT2D eigenvalue weighted by Gasteiger charge is 2.18. The van der Waals surface area contributed by atoms with Gasteiger partial charge in [-0.3, -0.25) is 5.43 Å². The minimum absolute atomic E-state index is 0.294. The van der Waals surface area contributed by atoms with E-state index in [0.717, 1.165) is 18.5 Å². The second-order valence-electron chi connectivity index (χ2n) is 7.32. The summed E-state index contributed by atoms with van der Waals surface area (Å²) in [6, 6.07) is 9.92. The Morgan fingerprint density at radius 3 is 2.19 bits per heavy atom. The molecule has 2 aliphatic carbocycles. The average Bonchev–Trinajstić information content (AvgIpc) is 2.68. The number of nitrogens with one attached hydrogen (secondary N) is 4. The van der Waals surface area contributed by atoms with Gasteiger partial charge in [0.05, 0.1) is 6.04 Å². The van der Waals surface area contributed by atoms with Crippen molar-refractivity contribution in [2.24, 2.45) is 4.99 Å². The minimum atomic E-state index is -0.294. The first-order chi connectivity index (χ1) is 12.8. The molecule has 0 bridgehead atoms. The number of para-hydroxylation sites is 1. The number of benzene rings is 1. The van der Waals surface area contributed by atoms with Crippen molar-refractivity contribution in [2.75, 3.05) is 5.32 Å². The molecule has 0 radical (unpaired) electrons. The summed E-state index contributed by atoms with van der Waals surface area (Å²) in [6.07, 6.45) is 12.2. The summed E-state index contributed by atoms with van der Waals surface area (Å²) < 4.78 is 0. The van der Waals surface area contributed by atoms with Crippen LogP contribution < -0.4 is 21.5 Å². The third-order valence-corrected chi connectivity index (χ3v) is 5.16. The lowest BCUT2D eigenvalue weighted by Gasteiger charge is -2.26. The van der Waals surface area contributed by atoms with Gasteiger partial charge in [0, 0.05) is 11.7 Å². The number of amides is 2. The number of rotatable bonds is 3. The van der Waals surface area contributed by atoms with Crippen LogP contribution in [0.15, 0.2) is 35.3 Å². The van der Waals surface area contributed by atoms with Gasteiger partial charge in [-0.2, -0.15) is 0 Å². The van der Waals surface area contributed by atoms with Crippen molar-refractivity contribution in [2.45, 2.75) is 76.3 Å². The van der Waals surface area contributed by atoms with Crippen LogP contribution in [0.5, 0.6) is 0 Å². The van der Waals surface area contributed by atoms with E-state index in [4.69, 9.17) is 4.99 Å². The zero-order chi connectivity index (χ0) is 18.0. The lowest BCUT2D eigenvalue weighted by atomic mass is 9.95. The molecule has 0 spiro atoms. The van der Waals surface area contributed by atoms with Crippen molar-refractivity contribution >= 4 is 17.7 Å².